The number of nitrogens with zero attached hydrogens (tertiary/aromatic N) is 2. The van der Waals surface area contributed by atoms with Crippen molar-refractivity contribution in [3.8, 4) is 0 Å². The van der Waals surface area contributed by atoms with Gasteiger partial charge in [-0.1, -0.05) is 29.8 Å². The number of hydrogen-bond acceptors (Lipinski definition) is 3. The van der Waals surface area contributed by atoms with E-state index in [9.17, 15) is 9.59 Å². The molecule has 5 nitrogen and oxygen atoms in total. The summed E-state index contributed by atoms with van der Waals surface area (Å²) in [5.41, 5.74) is 1.09. The average Bonchev–Trinajstić information content (AvgIpc) is 3.14. The van der Waals surface area contributed by atoms with Crippen LogP contribution in [0.4, 0.5) is 10.5 Å². The van der Waals surface area contributed by atoms with E-state index in [4.69, 9.17) is 16.0 Å². The molecule has 0 bridgehead atoms. The maximum atomic E-state index is 13.2. The standard InChI is InChI=1S/C21H19ClN2O3/c22-16-8-10-17(11-9-16)24(21(26)23-12-4-1-5-13-23)20(25)19-14-15-6-2-3-7-18(15)27-19/h2-3,6-11,14H,1,4-5,12-13H2. The van der Waals surface area contributed by atoms with Crippen LogP contribution in [0.15, 0.2) is 59.0 Å². The van der Waals surface area contributed by atoms with Crippen molar-refractivity contribution < 1.29 is 14.0 Å². The molecule has 2 heterocycles. The van der Waals surface area contributed by atoms with Gasteiger partial charge in [0.1, 0.15) is 5.58 Å². The van der Waals surface area contributed by atoms with Gasteiger partial charge in [0.25, 0.3) is 0 Å². The zero-order valence-electron chi connectivity index (χ0n) is 14.7. The molecule has 1 aliphatic heterocycles. The van der Waals surface area contributed by atoms with Crippen molar-refractivity contribution in [1.29, 1.82) is 0 Å². The summed E-state index contributed by atoms with van der Waals surface area (Å²) in [6.45, 7) is 1.30. The second-order valence-electron chi connectivity index (χ2n) is 6.60. The van der Waals surface area contributed by atoms with E-state index in [1.807, 2.05) is 18.2 Å². The molecule has 1 saturated heterocycles. The molecule has 4 rings (SSSR count). The van der Waals surface area contributed by atoms with Crippen molar-refractivity contribution >= 4 is 40.2 Å². The third kappa shape index (κ3) is 3.55. The zero-order valence-corrected chi connectivity index (χ0v) is 15.5. The van der Waals surface area contributed by atoms with E-state index in [-0.39, 0.29) is 11.8 Å². The molecule has 1 aromatic heterocycles. The minimum Gasteiger partial charge on any atom is -0.451 e. The molecule has 0 N–H and O–H groups in total. The van der Waals surface area contributed by atoms with Crippen LogP contribution < -0.4 is 4.90 Å². The van der Waals surface area contributed by atoms with Crippen LogP contribution in [0.2, 0.25) is 5.02 Å². The Labute approximate surface area is 162 Å². The van der Waals surface area contributed by atoms with Crippen molar-refractivity contribution in [1.82, 2.24) is 4.90 Å². The zero-order chi connectivity index (χ0) is 18.8. The lowest BCUT2D eigenvalue weighted by atomic mass is 10.1. The second kappa shape index (κ2) is 7.45. The second-order valence-corrected chi connectivity index (χ2v) is 7.03. The molecule has 0 unspecified atom stereocenters. The van der Waals surface area contributed by atoms with E-state index < -0.39 is 5.91 Å². The van der Waals surface area contributed by atoms with Gasteiger partial charge in [-0.3, -0.25) is 4.79 Å². The molecule has 0 aliphatic carbocycles. The molecule has 2 aromatic carbocycles. The van der Waals surface area contributed by atoms with Crippen molar-refractivity contribution in [2.75, 3.05) is 18.0 Å². The number of benzene rings is 2. The van der Waals surface area contributed by atoms with E-state index in [0.717, 1.165) is 24.6 Å². The average molecular weight is 383 g/mol. The van der Waals surface area contributed by atoms with Gasteiger partial charge < -0.3 is 9.32 Å². The highest BCUT2D eigenvalue weighted by Crippen LogP contribution is 2.26. The van der Waals surface area contributed by atoms with Crippen LogP contribution in [-0.2, 0) is 0 Å². The fourth-order valence-corrected chi connectivity index (χ4v) is 3.45. The first-order valence-electron chi connectivity index (χ1n) is 9.01. The van der Waals surface area contributed by atoms with Gasteiger partial charge >= 0.3 is 11.9 Å². The number of carbonyl (C=O) groups excluding carboxylic acids is 2. The van der Waals surface area contributed by atoms with Gasteiger partial charge in [-0.15, -0.1) is 0 Å². The van der Waals surface area contributed by atoms with Crippen LogP contribution in [0, 0.1) is 0 Å². The highest BCUT2D eigenvalue weighted by atomic mass is 35.5. The van der Waals surface area contributed by atoms with Crippen LogP contribution in [-0.4, -0.2) is 29.9 Å². The minimum absolute atomic E-state index is 0.136. The number of likely N-dealkylation sites (tertiary alicyclic amines) is 1. The predicted octanol–water partition coefficient (Wildman–Crippen LogP) is 5.34. The van der Waals surface area contributed by atoms with E-state index in [1.54, 1.807) is 41.3 Å². The van der Waals surface area contributed by atoms with Gasteiger partial charge in [0, 0.05) is 23.5 Å². The Bertz CT molecular complexity index is 942. The molecule has 3 aromatic rings. The highest BCUT2D eigenvalue weighted by Gasteiger charge is 2.31. The Morgan fingerprint density at radius 1 is 0.963 bits per heavy atom. The first-order chi connectivity index (χ1) is 13.1. The lowest BCUT2D eigenvalue weighted by molar-refractivity contribution is 0.0959. The Kier molecular flexibility index (Phi) is 4.86. The lowest BCUT2D eigenvalue weighted by Gasteiger charge is -2.31. The maximum Gasteiger partial charge on any atom is 0.331 e. The van der Waals surface area contributed by atoms with Crippen LogP contribution >= 0.6 is 11.6 Å². The van der Waals surface area contributed by atoms with Crippen LogP contribution in [0.5, 0.6) is 0 Å². The fraction of sp³-hybridized carbons (Fsp3) is 0.238. The van der Waals surface area contributed by atoms with Crippen molar-refractivity contribution in [3.05, 3.63) is 65.4 Å². The Morgan fingerprint density at radius 3 is 2.37 bits per heavy atom. The molecule has 1 fully saturated rings. The number of urea groups is 1. The SMILES string of the molecule is O=C(c1cc2ccccc2o1)N(C(=O)N1CCCCC1)c1ccc(Cl)cc1. The molecule has 27 heavy (non-hydrogen) atoms. The van der Waals surface area contributed by atoms with Crippen LogP contribution in [0.25, 0.3) is 11.0 Å². The maximum absolute atomic E-state index is 13.2. The molecule has 1 aliphatic rings. The normalized spacial score (nSPS) is 14.3. The van der Waals surface area contributed by atoms with E-state index >= 15 is 0 Å². The van der Waals surface area contributed by atoms with Gasteiger partial charge in [-0.25, -0.2) is 9.69 Å². The summed E-state index contributed by atoms with van der Waals surface area (Å²) in [5, 5.41) is 1.36. The van der Waals surface area contributed by atoms with Gasteiger partial charge in [-0.2, -0.15) is 0 Å². The molecule has 0 atom stereocenters. The third-order valence-corrected chi connectivity index (χ3v) is 4.99. The monoisotopic (exact) mass is 382 g/mol. The first kappa shape index (κ1) is 17.6. The fourth-order valence-electron chi connectivity index (χ4n) is 3.33. The molecule has 6 heteroatoms. The molecule has 0 radical (unpaired) electrons. The molecule has 138 valence electrons. The molecular formula is C21H19ClN2O3. The van der Waals surface area contributed by atoms with Gasteiger partial charge in [0.15, 0.2) is 5.76 Å². The largest absolute Gasteiger partial charge is 0.451 e. The Balaban J connectivity index is 1.72. The minimum atomic E-state index is -0.482. The molecule has 0 saturated carbocycles. The third-order valence-electron chi connectivity index (χ3n) is 4.74. The van der Waals surface area contributed by atoms with E-state index in [0.29, 0.717) is 29.4 Å². The smallest absolute Gasteiger partial charge is 0.331 e. The Morgan fingerprint density at radius 2 is 1.67 bits per heavy atom. The number of furan rings is 1. The summed E-state index contributed by atoms with van der Waals surface area (Å²) in [6, 6.07) is 15.4. The lowest BCUT2D eigenvalue weighted by Crippen LogP contribution is -2.48. The number of carbonyl (C=O) groups is 2. The quantitative estimate of drug-likeness (QED) is 0.601. The number of para-hydroxylation sites is 1. The number of halogens is 1. The summed E-state index contributed by atoms with van der Waals surface area (Å²) in [7, 11) is 0. The van der Waals surface area contributed by atoms with Crippen LogP contribution in [0.1, 0.15) is 29.8 Å². The van der Waals surface area contributed by atoms with Crippen molar-refractivity contribution in [2.45, 2.75) is 19.3 Å². The molecular weight excluding hydrogens is 364 g/mol. The summed E-state index contributed by atoms with van der Waals surface area (Å²) >= 11 is 5.98. The number of rotatable bonds is 2. The topological polar surface area (TPSA) is 53.8 Å². The number of anilines is 1. The summed E-state index contributed by atoms with van der Waals surface area (Å²) in [5.74, 6) is -0.347. The summed E-state index contributed by atoms with van der Waals surface area (Å²) in [6.07, 6.45) is 2.99. The summed E-state index contributed by atoms with van der Waals surface area (Å²) in [4.78, 5) is 29.3. The molecule has 3 amide bonds. The number of piperidine rings is 1. The number of hydrogen-bond donors (Lipinski definition) is 0. The van der Waals surface area contributed by atoms with E-state index in [1.165, 1.54) is 4.90 Å². The molecule has 0 spiro atoms. The van der Waals surface area contributed by atoms with E-state index in [2.05, 4.69) is 0 Å². The predicted molar refractivity (Wildman–Crippen MR) is 105 cm³/mol. The number of amides is 3. The van der Waals surface area contributed by atoms with Crippen molar-refractivity contribution in [3.63, 3.8) is 0 Å². The highest BCUT2D eigenvalue weighted by molar-refractivity contribution is 6.30. The van der Waals surface area contributed by atoms with Crippen LogP contribution in [0.3, 0.4) is 0 Å². The van der Waals surface area contributed by atoms with Gasteiger partial charge in [0.2, 0.25) is 0 Å². The van der Waals surface area contributed by atoms with Crippen molar-refractivity contribution in [2.24, 2.45) is 0 Å². The number of fused-ring (bicyclic) bond motifs is 1. The van der Waals surface area contributed by atoms with Gasteiger partial charge in [0.05, 0.1) is 5.69 Å². The van der Waals surface area contributed by atoms with Gasteiger partial charge in [-0.05, 0) is 55.7 Å². The first-order valence-corrected chi connectivity index (χ1v) is 9.39. The summed E-state index contributed by atoms with van der Waals surface area (Å²) < 4.78 is 5.71. The number of imide groups is 1. The Hall–Kier alpha value is -2.79.